The lowest BCUT2D eigenvalue weighted by atomic mass is 10.2. The van der Waals surface area contributed by atoms with E-state index in [2.05, 4.69) is 15.2 Å². The number of nitrogen functional groups attached to an aromatic ring is 1. The molecule has 0 amide bonds. The zero-order chi connectivity index (χ0) is 11.7. The van der Waals surface area contributed by atoms with Crippen LogP contribution in [-0.4, -0.2) is 25.2 Å². The van der Waals surface area contributed by atoms with Crippen LogP contribution < -0.4 is 5.73 Å². The zero-order valence-corrected chi connectivity index (χ0v) is 7.91. The van der Waals surface area contributed by atoms with Gasteiger partial charge in [0.05, 0.1) is 5.56 Å². The van der Waals surface area contributed by atoms with Crippen molar-refractivity contribution in [3.63, 3.8) is 0 Å². The predicted octanol–water partition coefficient (Wildman–Crippen LogP) is 0.668. The van der Waals surface area contributed by atoms with Crippen molar-refractivity contribution in [2.24, 2.45) is 0 Å². The van der Waals surface area contributed by atoms with E-state index in [4.69, 9.17) is 5.73 Å². The predicted molar refractivity (Wildman–Crippen MR) is 54.6 cm³/mol. The number of benzene rings is 1. The van der Waals surface area contributed by atoms with Gasteiger partial charge in [0.25, 0.3) is 5.82 Å². The first kappa shape index (κ1) is 9.90. The second-order valence-corrected chi connectivity index (χ2v) is 3.02. The number of nitro groups is 1. The third-order valence-corrected chi connectivity index (χ3v) is 1.91. The Balaban J connectivity index is 2.46. The minimum absolute atomic E-state index is 0.0456. The molecule has 0 atom stereocenters. The minimum atomic E-state index is -0.704. The van der Waals surface area contributed by atoms with Gasteiger partial charge in [-0.3, -0.25) is 0 Å². The fourth-order valence-electron chi connectivity index (χ4n) is 1.19. The molecule has 8 nitrogen and oxygen atoms in total. The molecule has 0 radical (unpaired) electrons. The van der Waals surface area contributed by atoms with E-state index in [1.165, 1.54) is 18.2 Å². The van der Waals surface area contributed by atoms with Crippen LogP contribution in [0.3, 0.4) is 0 Å². The van der Waals surface area contributed by atoms with Gasteiger partial charge in [0.2, 0.25) is 0 Å². The summed E-state index contributed by atoms with van der Waals surface area (Å²) in [5.41, 5.74) is 6.10. The highest BCUT2D eigenvalue weighted by Crippen LogP contribution is 2.28. The molecule has 1 aromatic carbocycles. The van der Waals surface area contributed by atoms with Crippen molar-refractivity contribution >= 4 is 11.6 Å². The van der Waals surface area contributed by atoms with E-state index in [0.29, 0.717) is 5.69 Å². The summed E-state index contributed by atoms with van der Waals surface area (Å²) >= 11 is 0. The molecule has 0 aliphatic heterocycles. The Kier molecular flexibility index (Phi) is 2.16. The summed E-state index contributed by atoms with van der Waals surface area (Å²) in [5.74, 6) is -0.565. The second kappa shape index (κ2) is 3.50. The molecule has 0 aliphatic rings. The first-order valence-corrected chi connectivity index (χ1v) is 4.23. The molecule has 0 aliphatic carbocycles. The number of nitrogens with zero attached hydrogens (tertiary/aromatic N) is 3. The molecule has 0 saturated heterocycles. The first-order chi connectivity index (χ1) is 7.58. The first-order valence-electron chi connectivity index (χ1n) is 4.23. The third kappa shape index (κ3) is 1.63. The molecule has 0 spiro atoms. The van der Waals surface area contributed by atoms with Crippen LogP contribution in [0.2, 0.25) is 0 Å². The number of nitrogens with one attached hydrogen (secondary N) is 1. The summed E-state index contributed by atoms with van der Waals surface area (Å²) in [4.78, 5) is 13.3. The Hall–Kier alpha value is -2.64. The van der Waals surface area contributed by atoms with Gasteiger partial charge in [-0.25, -0.2) is 0 Å². The molecule has 2 aromatic rings. The smallest absolute Gasteiger partial charge is 0.453 e. The number of rotatable bonds is 2. The number of nitrogens with two attached hydrogens (primary N) is 1. The van der Waals surface area contributed by atoms with E-state index in [1.807, 2.05) is 0 Å². The fourth-order valence-corrected chi connectivity index (χ4v) is 1.19. The van der Waals surface area contributed by atoms with Gasteiger partial charge >= 0.3 is 5.95 Å². The maximum atomic E-state index is 10.4. The van der Waals surface area contributed by atoms with Crippen LogP contribution in [0.4, 0.5) is 11.6 Å². The van der Waals surface area contributed by atoms with Crippen LogP contribution in [0.15, 0.2) is 18.2 Å². The molecule has 8 heteroatoms. The molecule has 0 bridgehead atoms. The monoisotopic (exact) mass is 221 g/mol. The average molecular weight is 221 g/mol. The maximum Gasteiger partial charge on any atom is 0.453 e. The summed E-state index contributed by atoms with van der Waals surface area (Å²) in [5, 5.41) is 25.7. The van der Waals surface area contributed by atoms with Gasteiger partial charge in [0.1, 0.15) is 5.75 Å². The molecular formula is C8H7N5O3. The molecule has 0 saturated carbocycles. The number of aromatic amines is 1. The topological polar surface area (TPSA) is 131 Å². The average Bonchev–Trinajstić information content (AvgIpc) is 2.66. The molecule has 2 rings (SSSR count). The number of hydrogen-bond acceptors (Lipinski definition) is 6. The molecule has 1 aromatic heterocycles. The van der Waals surface area contributed by atoms with Crippen LogP contribution in [0, 0.1) is 10.1 Å². The van der Waals surface area contributed by atoms with Crippen molar-refractivity contribution in [3.05, 3.63) is 28.3 Å². The van der Waals surface area contributed by atoms with Gasteiger partial charge in [-0.2, -0.15) is 0 Å². The lowest BCUT2D eigenvalue weighted by molar-refractivity contribution is -0.394. The lowest BCUT2D eigenvalue weighted by Crippen LogP contribution is -1.89. The van der Waals surface area contributed by atoms with E-state index < -0.39 is 10.9 Å². The highest BCUT2D eigenvalue weighted by atomic mass is 16.6. The Morgan fingerprint density at radius 2 is 2.25 bits per heavy atom. The number of aromatic hydroxyl groups is 1. The molecule has 0 unspecified atom stereocenters. The van der Waals surface area contributed by atoms with Crippen LogP contribution in [0.5, 0.6) is 5.75 Å². The Bertz CT molecular complexity index is 550. The van der Waals surface area contributed by atoms with Crippen LogP contribution in [0.1, 0.15) is 0 Å². The van der Waals surface area contributed by atoms with Crippen molar-refractivity contribution in [2.75, 3.05) is 5.73 Å². The van der Waals surface area contributed by atoms with Crippen molar-refractivity contribution in [2.45, 2.75) is 0 Å². The van der Waals surface area contributed by atoms with Crippen LogP contribution in [-0.2, 0) is 0 Å². The third-order valence-electron chi connectivity index (χ3n) is 1.91. The quantitative estimate of drug-likeness (QED) is 0.388. The highest BCUT2D eigenvalue weighted by Gasteiger charge is 2.18. The standard InChI is InChI=1S/C8H7N5O3/c9-4-1-2-5(6(14)3-4)7-10-8(12-11-7)13(15)16/h1-3,14H,9H2,(H,10,11,12). The largest absolute Gasteiger partial charge is 0.507 e. The number of phenols is 1. The van der Waals surface area contributed by atoms with E-state index in [0.717, 1.165) is 0 Å². The molecule has 16 heavy (non-hydrogen) atoms. The summed E-state index contributed by atoms with van der Waals surface area (Å²) < 4.78 is 0. The number of H-pyrrole nitrogens is 1. The van der Waals surface area contributed by atoms with E-state index >= 15 is 0 Å². The molecule has 4 N–H and O–H groups in total. The van der Waals surface area contributed by atoms with Crippen molar-refractivity contribution in [1.82, 2.24) is 15.2 Å². The molecule has 1 heterocycles. The molecule has 82 valence electrons. The molecule has 0 fully saturated rings. The number of phenolic OH excluding ortho intramolecular Hbond substituents is 1. The summed E-state index contributed by atoms with van der Waals surface area (Å²) in [7, 11) is 0. The summed E-state index contributed by atoms with van der Waals surface area (Å²) in [6.07, 6.45) is 0. The lowest BCUT2D eigenvalue weighted by Gasteiger charge is -1.98. The minimum Gasteiger partial charge on any atom is -0.507 e. The highest BCUT2D eigenvalue weighted by molar-refractivity contribution is 5.67. The zero-order valence-electron chi connectivity index (χ0n) is 7.91. The number of aromatic nitrogens is 3. The Morgan fingerprint density at radius 1 is 1.50 bits per heavy atom. The fraction of sp³-hybridized carbons (Fsp3) is 0. The van der Waals surface area contributed by atoms with Gasteiger partial charge in [0, 0.05) is 11.8 Å². The summed E-state index contributed by atoms with van der Waals surface area (Å²) in [6.45, 7) is 0. The van der Waals surface area contributed by atoms with Gasteiger partial charge in [-0.1, -0.05) is 5.10 Å². The van der Waals surface area contributed by atoms with Crippen LogP contribution in [0.25, 0.3) is 11.4 Å². The Labute approximate surface area is 88.9 Å². The van der Waals surface area contributed by atoms with E-state index in [-0.39, 0.29) is 17.1 Å². The maximum absolute atomic E-state index is 10.4. The van der Waals surface area contributed by atoms with Gasteiger partial charge in [-0.05, 0) is 22.0 Å². The second-order valence-electron chi connectivity index (χ2n) is 3.02. The van der Waals surface area contributed by atoms with Crippen molar-refractivity contribution in [3.8, 4) is 17.1 Å². The SMILES string of the molecule is Nc1ccc(-c2n[nH]c([N+](=O)[O-])n2)c(O)c1. The number of anilines is 1. The summed E-state index contributed by atoms with van der Waals surface area (Å²) in [6, 6.07) is 4.34. The van der Waals surface area contributed by atoms with E-state index in [9.17, 15) is 15.2 Å². The number of hydrogen-bond donors (Lipinski definition) is 3. The van der Waals surface area contributed by atoms with Crippen LogP contribution >= 0.6 is 0 Å². The molecular weight excluding hydrogens is 214 g/mol. The Morgan fingerprint density at radius 3 is 2.81 bits per heavy atom. The van der Waals surface area contributed by atoms with Crippen molar-refractivity contribution in [1.29, 1.82) is 0 Å². The van der Waals surface area contributed by atoms with Gasteiger partial charge < -0.3 is 21.0 Å². The van der Waals surface area contributed by atoms with Crippen molar-refractivity contribution < 1.29 is 10.0 Å². The van der Waals surface area contributed by atoms with E-state index in [1.54, 1.807) is 0 Å². The normalized spacial score (nSPS) is 10.2. The van der Waals surface area contributed by atoms with Gasteiger partial charge in [0.15, 0.2) is 0 Å². The van der Waals surface area contributed by atoms with Gasteiger partial charge in [-0.15, -0.1) is 5.10 Å².